The number of benzene rings is 1. The molecule has 138 valence electrons. The van der Waals surface area contributed by atoms with Gasteiger partial charge >= 0.3 is 0 Å². The number of halogens is 1. The lowest BCUT2D eigenvalue weighted by atomic mass is 9.90. The molecule has 0 aliphatic carbocycles. The summed E-state index contributed by atoms with van der Waals surface area (Å²) in [5.74, 6) is 0.796. The number of rotatable bonds is 5. The Labute approximate surface area is 153 Å². The van der Waals surface area contributed by atoms with Crippen LogP contribution in [0.5, 0.6) is 5.75 Å². The molecule has 2 heterocycles. The van der Waals surface area contributed by atoms with Crippen molar-refractivity contribution in [3.8, 4) is 5.75 Å². The summed E-state index contributed by atoms with van der Waals surface area (Å²) in [4.78, 5) is 15.0. The molecule has 6 nitrogen and oxygen atoms in total. The van der Waals surface area contributed by atoms with Crippen LogP contribution in [0.3, 0.4) is 0 Å². The maximum atomic E-state index is 12.8. The van der Waals surface area contributed by atoms with Crippen LogP contribution in [-0.4, -0.2) is 57.9 Å². The third-order valence-corrected chi connectivity index (χ3v) is 5.46. The van der Waals surface area contributed by atoms with Crippen molar-refractivity contribution in [2.45, 2.75) is 30.9 Å². The van der Waals surface area contributed by atoms with Crippen LogP contribution in [-0.2, 0) is 9.53 Å². The predicted molar refractivity (Wildman–Crippen MR) is 98.6 cm³/mol. The molecule has 0 radical (unpaired) electrons. The largest absolute Gasteiger partial charge is 0.495 e. The van der Waals surface area contributed by atoms with Gasteiger partial charge in [0.1, 0.15) is 11.4 Å². The van der Waals surface area contributed by atoms with Crippen molar-refractivity contribution >= 4 is 23.2 Å². The Bertz CT molecular complexity index is 620. The summed E-state index contributed by atoms with van der Waals surface area (Å²) in [5, 5.41) is 7.14. The molecule has 1 aromatic carbocycles. The first kappa shape index (κ1) is 18.3. The van der Waals surface area contributed by atoms with Crippen LogP contribution in [0, 0.1) is 0 Å². The van der Waals surface area contributed by atoms with Gasteiger partial charge in [-0.15, -0.1) is 0 Å². The van der Waals surface area contributed by atoms with E-state index in [4.69, 9.17) is 21.1 Å². The maximum absolute atomic E-state index is 12.8. The van der Waals surface area contributed by atoms with Gasteiger partial charge in [-0.1, -0.05) is 11.6 Å². The second-order valence-corrected chi connectivity index (χ2v) is 7.11. The van der Waals surface area contributed by atoms with Crippen LogP contribution < -0.4 is 20.3 Å². The van der Waals surface area contributed by atoms with E-state index in [0.717, 1.165) is 44.0 Å². The van der Waals surface area contributed by atoms with Gasteiger partial charge in [-0.05, 0) is 50.6 Å². The van der Waals surface area contributed by atoms with Crippen molar-refractivity contribution in [1.29, 1.82) is 0 Å². The summed E-state index contributed by atoms with van der Waals surface area (Å²) in [5.41, 5.74) is 0.266. The molecule has 1 unspecified atom stereocenters. The fraction of sp³-hybridized carbons (Fsp3) is 0.611. The molecular weight excluding hydrogens is 342 g/mol. The highest BCUT2D eigenvalue weighted by molar-refractivity contribution is 6.30. The summed E-state index contributed by atoms with van der Waals surface area (Å²) in [6.45, 7) is 3.19. The highest BCUT2D eigenvalue weighted by atomic mass is 35.5. The highest BCUT2D eigenvalue weighted by Crippen LogP contribution is 2.33. The van der Waals surface area contributed by atoms with Crippen LogP contribution in [0.4, 0.5) is 5.69 Å². The van der Waals surface area contributed by atoms with Crippen LogP contribution in [0.25, 0.3) is 0 Å². The first-order chi connectivity index (χ1) is 12.1. The number of carbonyl (C=O) groups excluding carboxylic acids is 1. The second-order valence-electron chi connectivity index (χ2n) is 6.67. The topological polar surface area (TPSA) is 62.8 Å². The van der Waals surface area contributed by atoms with Crippen molar-refractivity contribution in [3.63, 3.8) is 0 Å². The molecule has 2 N–H and O–H groups in total. The zero-order chi connectivity index (χ0) is 17.9. The van der Waals surface area contributed by atoms with Gasteiger partial charge in [0.2, 0.25) is 0 Å². The fourth-order valence-corrected chi connectivity index (χ4v) is 3.84. The molecule has 0 saturated carbocycles. The van der Waals surface area contributed by atoms with Crippen LogP contribution in [0.15, 0.2) is 18.2 Å². The SMILES string of the molecule is COc1ccc(Cl)cc1N1CCC(NC(=O)C2(OC)CCNCC2)C1. The number of hydrogen-bond donors (Lipinski definition) is 2. The lowest BCUT2D eigenvalue weighted by Gasteiger charge is -2.35. The van der Waals surface area contributed by atoms with Gasteiger partial charge in [-0.25, -0.2) is 0 Å². The molecule has 0 aromatic heterocycles. The molecule has 1 atom stereocenters. The zero-order valence-corrected chi connectivity index (χ0v) is 15.6. The molecule has 0 bridgehead atoms. The number of ether oxygens (including phenoxy) is 2. The van der Waals surface area contributed by atoms with Crippen LogP contribution in [0.2, 0.25) is 5.02 Å². The summed E-state index contributed by atoms with van der Waals surface area (Å²) in [6.07, 6.45) is 2.29. The van der Waals surface area contributed by atoms with E-state index in [1.807, 2.05) is 18.2 Å². The lowest BCUT2D eigenvalue weighted by molar-refractivity contribution is -0.147. The average molecular weight is 368 g/mol. The van der Waals surface area contributed by atoms with E-state index in [0.29, 0.717) is 17.9 Å². The standard InChI is InChI=1S/C18H26ClN3O3/c1-24-16-4-3-13(19)11-15(16)22-10-5-14(12-22)21-17(23)18(25-2)6-8-20-9-7-18/h3-4,11,14,20H,5-10,12H2,1-2H3,(H,21,23). The molecule has 1 amide bonds. The molecule has 2 fully saturated rings. The maximum Gasteiger partial charge on any atom is 0.252 e. The van der Waals surface area contributed by atoms with Crippen molar-refractivity contribution in [2.75, 3.05) is 45.3 Å². The molecule has 25 heavy (non-hydrogen) atoms. The van der Waals surface area contributed by atoms with E-state index >= 15 is 0 Å². The lowest BCUT2D eigenvalue weighted by Crippen LogP contribution is -2.56. The van der Waals surface area contributed by atoms with E-state index in [1.54, 1.807) is 14.2 Å². The van der Waals surface area contributed by atoms with Gasteiger partial charge in [0.25, 0.3) is 5.91 Å². The number of nitrogens with one attached hydrogen (secondary N) is 2. The van der Waals surface area contributed by atoms with Crippen molar-refractivity contribution < 1.29 is 14.3 Å². The van der Waals surface area contributed by atoms with E-state index < -0.39 is 5.60 Å². The Morgan fingerprint density at radius 3 is 2.80 bits per heavy atom. The Balaban J connectivity index is 1.65. The van der Waals surface area contributed by atoms with Gasteiger partial charge in [0.05, 0.1) is 12.8 Å². The van der Waals surface area contributed by atoms with E-state index in [1.165, 1.54) is 0 Å². The molecular formula is C18H26ClN3O3. The monoisotopic (exact) mass is 367 g/mol. The highest BCUT2D eigenvalue weighted by Gasteiger charge is 2.41. The molecule has 2 aliphatic heterocycles. The summed E-state index contributed by atoms with van der Waals surface area (Å²) in [6, 6.07) is 5.70. The number of piperidine rings is 1. The fourth-order valence-electron chi connectivity index (χ4n) is 3.68. The van der Waals surface area contributed by atoms with Gasteiger partial charge in [0, 0.05) is 31.3 Å². The summed E-state index contributed by atoms with van der Waals surface area (Å²) >= 11 is 6.14. The zero-order valence-electron chi connectivity index (χ0n) is 14.8. The second kappa shape index (κ2) is 7.81. The number of hydrogen-bond acceptors (Lipinski definition) is 5. The Morgan fingerprint density at radius 1 is 1.36 bits per heavy atom. The normalized spacial score (nSPS) is 22.7. The van der Waals surface area contributed by atoms with E-state index in [-0.39, 0.29) is 11.9 Å². The molecule has 7 heteroatoms. The minimum Gasteiger partial charge on any atom is -0.495 e. The minimum atomic E-state index is -0.702. The predicted octanol–water partition coefficient (Wildman–Crippen LogP) is 1.81. The molecule has 0 spiro atoms. The number of methoxy groups -OCH3 is 2. The van der Waals surface area contributed by atoms with Gasteiger partial charge < -0.3 is 25.0 Å². The van der Waals surface area contributed by atoms with E-state index in [2.05, 4.69) is 15.5 Å². The summed E-state index contributed by atoms with van der Waals surface area (Å²) < 4.78 is 11.1. The number of carbonyl (C=O) groups is 1. The third kappa shape index (κ3) is 3.86. The molecule has 3 rings (SSSR count). The van der Waals surface area contributed by atoms with E-state index in [9.17, 15) is 4.79 Å². The Hall–Kier alpha value is -1.50. The van der Waals surface area contributed by atoms with Gasteiger partial charge in [-0.2, -0.15) is 0 Å². The summed E-state index contributed by atoms with van der Waals surface area (Å²) in [7, 11) is 3.28. The first-order valence-corrected chi connectivity index (χ1v) is 9.11. The quantitative estimate of drug-likeness (QED) is 0.831. The number of amides is 1. The Kier molecular flexibility index (Phi) is 5.71. The first-order valence-electron chi connectivity index (χ1n) is 8.73. The Morgan fingerprint density at radius 2 is 2.12 bits per heavy atom. The molecule has 2 aliphatic rings. The van der Waals surface area contributed by atoms with Crippen molar-refractivity contribution in [2.24, 2.45) is 0 Å². The average Bonchev–Trinajstić information content (AvgIpc) is 3.10. The van der Waals surface area contributed by atoms with Crippen molar-refractivity contribution in [1.82, 2.24) is 10.6 Å². The molecule has 1 aromatic rings. The minimum absolute atomic E-state index is 0.00130. The third-order valence-electron chi connectivity index (χ3n) is 5.22. The van der Waals surface area contributed by atoms with Gasteiger partial charge in [0.15, 0.2) is 0 Å². The number of nitrogens with zero attached hydrogens (tertiary/aromatic N) is 1. The van der Waals surface area contributed by atoms with Crippen LogP contribution in [0.1, 0.15) is 19.3 Å². The van der Waals surface area contributed by atoms with Gasteiger partial charge in [-0.3, -0.25) is 4.79 Å². The van der Waals surface area contributed by atoms with Crippen molar-refractivity contribution in [3.05, 3.63) is 23.2 Å². The van der Waals surface area contributed by atoms with Crippen LogP contribution >= 0.6 is 11.6 Å². The molecule has 2 saturated heterocycles. The number of anilines is 1. The smallest absolute Gasteiger partial charge is 0.252 e.